The van der Waals surface area contributed by atoms with Crippen molar-refractivity contribution in [1.82, 2.24) is 19.4 Å². The summed E-state index contributed by atoms with van der Waals surface area (Å²) in [6.07, 6.45) is -1.68. The molecule has 0 saturated heterocycles. The molecule has 0 aliphatic heterocycles. The predicted octanol–water partition coefficient (Wildman–Crippen LogP) is 6.87. The smallest absolute Gasteiger partial charge is 0.437 e. The molecule has 2 amide bonds. The lowest BCUT2D eigenvalue weighted by molar-refractivity contribution is -0.140. The highest BCUT2D eigenvalue weighted by atomic mass is 19.4. The zero-order valence-electron chi connectivity index (χ0n) is 25.5. The molecule has 0 fully saturated rings. The normalized spacial score (nSPS) is 13.1. The van der Waals surface area contributed by atoms with Crippen molar-refractivity contribution in [2.45, 2.75) is 59.0 Å². The molecule has 0 aliphatic rings. The average molecular weight is 630 g/mol. The van der Waals surface area contributed by atoms with Gasteiger partial charge in [-0.3, -0.25) is 9.78 Å². The Labute approximate surface area is 256 Å². The van der Waals surface area contributed by atoms with Gasteiger partial charge in [-0.2, -0.15) is 13.2 Å². The van der Waals surface area contributed by atoms with E-state index in [1.807, 2.05) is 0 Å². The van der Waals surface area contributed by atoms with Crippen LogP contribution in [0.1, 0.15) is 66.5 Å². The molecule has 13 heteroatoms. The standard InChI is InChI=1S/C32H32F5N5O3/c1-18-14-21(9-10-25(18)33)19(2)39-28(43)24-16-20(15-23(26(24)34)22-8-7-11-38-27(22)32(35,36)37)17-42-13-12-41(6)29(42)40-30(44)45-31(3,4)5/h7-16,19H,17H2,1-6H3,(H,39,43)/b40-29+/t19-/m0/s1. The molecule has 2 aromatic carbocycles. The number of aryl methyl sites for hydroxylation is 2. The molecule has 0 bridgehead atoms. The summed E-state index contributed by atoms with van der Waals surface area (Å²) in [5.74, 6) is -2.53. The summed E-state index contributed by atoms with van der Waals surface area (Å²) in [6.45, 7) is 8.10. The van der Waals surface area contributed by atoms with Crippen molar-refractivity contribution in [3.63, 3.8) is 0 Å². The van der Waals surface area contributed by atoms with Gasteiger partial charge in [-0.15, -0.1) is 4.99 Å². The Morgan fingerprint density at radius 1 is 1.04 bits per heavy atom. The highest BCUT2D eigenvalue weighted by Crippen LogP contribution is 2.37. The molecule has 2 heterocycles. The molecular weight excluding hydrogens is 597 g/mol. The number of pyridine rings is 1. The van der Waals surface area contributed by atoms with Crippen LogP contribution in [-0.4, -0.2) is 31.7 Å². The summed E-state index contributed by atoms with van der Waals surface area (Å²) < 4.78 is 80.0. The summed E-state index contributed by atoms with van der Waals surface area (Å²) >= 11 is 0. The van der Waals surface area contributed by atoms with Gasteiger partial charge in [0.15, 0.2) is 5.69 Å². The third-order valence-corrected chi connectivity index (χ3v) is 6.75. The van der Waals surface area contributed by atoms with E-state index in [0.29, 0.717) is 11.1 Å². The minimum Gasteiger partial charge on any atom is -0.442 e. The quantitative estimate of drug-likeness (QED) is 0.236. The first-order chi connectivity index (χ1) is 20.9. The number of halogens is 5. The number of hydrogen-bond donors (Lipinski definition) is 1. The topological polar surface area (TPSA) is 90.5 Å². The van der Waals surface area contributed by atoms with Crippen molar-refractivity contribution >= 4 is 12.0 Å². The predicted molar refractivity (Wildman–Crippen MR) is 156 cm³/mol. The van der Waals surface area contributed by atoms with E-state index in [4.69, 9.17) is 4.74 Å². The van der Waals surface area contributed by atoms with Gasteiger partial charge in [-0.1, -0.05) is 18.2 Å². The van der Waals surface area contributed by atoms with Crippen LogP contribution in [0.3, 0.4) is 0 Å². The van der Waals surface area contributed by atoms with Gasteiger partial charge in [-0.25, -0.2) is 13.6 Å². The van der Waals surface area contributed by atoms with Crippen LogP contribution in [0.5, 0.6) is 0 Å². The first kappa shape index (κ1) is 33.1. The molecule has 1 N–H and O–H groups in total. The van der Waals surface area contributed by atoms with Crippen molar-refractivity contribution < 1.29 is 36.3 Å². The summed E-state index contributed by atoms with van der Waals surface area (Å²) in [5.41, 5.74) is -2.46. The van der Waals surface area contributed by atoms with Crippen molar-refractivity contribution in [2.75, 3.05) is 0 Å². The lowest BCUT2D eigenvalue weighted by Crippen LogP contribution is -2.29. The minimum absolute atomic E-state index is 0.107. The Hall–Kier alpha value is -4.81. The van der Waals surface area contributed by atoms with Crippen LogP contribution < -0.4 is 10.9 Å². The molecule has 0 spiro atoms. The van der Waals surface area contributed by atoms with Crippen LogP contribution in [-0.2, 0) is 24.5 Å². The molecular formula is C32H32F5N5O3. The van der Waals surface area contributed by atoms with Crippen molar-refractivity contribution in [3.05, 3.63) is 106 Å². The van der Waals surface area contributed by atoms with Gasteiger partial charge in [0.05, 0.1) is 18.2 Å². The number of carbonyl (C=O) groups excluding carboxylic acids is 2. The second-order valence-electron chi connectivity index (χ2n) is 11.5. The number of amides is 2. The molecule has 8 nitrogen and oxygen atoms in total. The fraction of sp³-hybridized carbons (Fsp3) is 0.312. The Bertz CT molecular complexity index is 1820. The van der Waals surface area contributed by atoms with E-state index in [9.17, 15) is 27.2 Å². The van der Waals surface area contributed by atoms with Gasteiger partial charge in [-0.05, 0) is 75.6 Å². The lowest BCUT2D eigenvalue weighted by Gasteiger charge is -2.19. The Morgan fingerprint density at radius 2 is 1.76 bits per heavy atom. The molecule has 0 unspecified atom stereocenters. The lowest BCUT2D eigenvalue weighted by atomic mass is 9.96. The first-order valence-corrected chi connectivity index (χ1v) is 13.9. The maximum atomic E-state index is 16.1. The van der Waals surface area contributed by atoms with Gasteiger partial charge in [0, 0.05) is 36.8 Å². The number of benzene rings is 2. The van der Waals surface area contributed by atoms with Crippen molar-refractivity contribution in [2.24, 2.45) is 12.0 Å². The first-order valence-electron chi connectivity index (χ1n) is 13.9. The average Bonchev–Trinajstić information content (AvgIpc) is 3.27. The number of aromatic nitrogens is 3. The minimum atomic E-state index is -4.91. The number of nitrogens with one attached hydrogen (secondary N) is 1. The maximum absolute atomic E-state index is 16.1. The molecule has 238 valence electrons. The SMILES string of the molecule is Cc1cc([C@H](C)NC(=O)c2cc(Cn3ccn(C)/c3=N\C(=O)OC(C)(C)C)cc(-c3cccnc3C(F)(F)F)c2F)ccc1F. The molecule has 1 atom stereocenters. The molecule has 0 radical (unpaired) electrons. The van der Waals surface area contributed by atoms with Gasteiger partial charge < -0.3 is 19.2 Å². The third kappa shape index (κ3) is 7.83. The van der Waals surface area contributed by atoms with Crippen LogP contribution in [0.25, 0.3) is 11.1 Å². The van der Waals surface area contributed by atoms with E-state index < -0.39 is 63.8 Å². The molecule has 4 rings (SSSR count). The summed E-state index contributed by atoms with van der Waals surface area (Å²) in [4.78, 5) is 33.4. The van der Waals surface area contributed by atoms with E-state index in [2.05, 4.69) is 15.3 Å². The number of nitrogens with zero attached hydrogens (tertiary/aromatic N) is 4. The van der Waals surface area contributed by atoms with Gasteiger partial charge in [0.1, 0.15) is 17.2 Å². The largest absolute Gasteiger partial charge is 0.442 e. The molecule has 0 aliphatic carbocycles. The monoisotopic (exact) mass is 629 g/mol. The number of rotatable bonds is 6. The van der Waals surface area contributed by atoms with E-state index in [1.165, 1.54) is 45.5 Å². The van der Waals surface area contributed by atoms with Crippen LogP contribution in [0.15, 0.2) is 66.0 Å². The highest BCUT2D eigenvalue weighted by molar-refractivity contribution is 5.96. The molecule has 2 aromatic heterocycles. The van der Waals surface area contributed by atoms with Crippen molar-refractivity contribution in [3.8, 4) is 11.1 Å². The summed E-state index contributed by atoms with van der Waals surface area (Å²) in [7, 11) is 1.62. The Balaban J connectivity index is 1.83. The van der Waals surface area contributed by atoms with E-state index in [0.717, 1.165) is 12.3 Å². The number of ether oxygens (including phenoxy) is 1. The molecule has 0 saturated carbocycles. The Morgan fingerprint density at radius 3 is 2.40 bits per heavy atom. The van der Waals surface area contributed by atoms with Gasteiger partial charge in [0.25, 0.3) is 5.91 Å². The van der Waals surface area contributed by atoms with Crippen LogP contribution in [0.2, 0.25) is 0 Å². The van der Waals surface area contributed by atoms with E-state index >= 15 is 4.39 Å². The fourth-order valence-electron chi connectivity index (χ4n) is 4.63. The molecule has 4 aromatic rings. The fourth-order valence-corrected chi connectivity index (χ4v) is 4.63. The van der Waals surface area contributed by atoms with Gasteiger partial charge in [0.2, 0.25) is 5.62 Å². The van der Waals surface area contributed by atoms with Crippen LogP contribution in [0.4, 0.5) is 26.7 Å². The zero-order chi connectivity index (χ0) is 33.3. The maximum Gasteiger partial charge on any atom is 0.437 e. The number of hydrogen-bond acceptors (Lipinski definition) is 4. The second kappa shape index (κ2) is 12.7. The number of carbonyl (C=O) groups is 2. The zero-order valence-corrected chi connectivity index (χ0v) is 25.5. The van der Waals surface area contributed by atoms with E-state index in [-0.39, 0.29) is 17.7 Å². The van der Waals surface area contributed by atoms with Gasteiger partial charge >= 0.3 is 12.3 Å². The third-order valence-electron chi connectivity index (χ3n) is 6.75. The van der Waals surface area contributed by atoms with Crippen molar-refractivity contribution in [1.29, 1.82) is 0 Å². The van der Waals surface area contributed by atoms with E-state index in [1.54, 1.807) is 54.1 Å². The number of alkyl halides is 3. The number of imidazole rings is 1. The highest BCUT2D eigenvalue weighted by Gasteiger charge is 2.36. The Kier molecular flexibility index (Phi) is 9.31. The second-order valence-corrected chi connectivity index (χ2v) is 11.5. The summed E-state index contributed by atoms with van der Waals surface area (Å²) in [5, 5.41) is 2.65. The molecule has 45 heavy (non-hydrogen) atoms. The van der Waals surface area contributed by atoms with Crippen LogP contribution >= 0.6 is 0 Å². The summed E-state index contributed by atoms with van der Waals surface area (Å²) in [6, 6.07) is 8.27. The van der Waals surface area contributed by atoms with Crippen LogP contribution in [0, 0.1) is 18.6 Å².